The second kappa shape index (κ2) is 2.84. The summed E-state index contributed by atoms with van der Waals surface area (Å²) in [6.45, 7) is 4.18. The van der Waals surface area contributed by atoms with E-state index in [-0.39, 0.29) is 6.04 Å². The Hall–Kier alpha value is -0.830. The molecule has 3 heteroatoms. The number of nitrogens with one attached hydrogen (secondary N) is 1. The summed E-state index contributed by atoms with van der Waals surface area (Å²) in [5.74, 6) is 0.459. The van der Waals surface area contributed by atoms with E-state index < -0.39 is 0 Å². The highest BCUT2D eigenvalue weighted by atomic mass is 14.9. The Morgan fingerprint density at radius 2 is 2.30 bits per heavy atom. The maximum atomic E-state index is 5.81. The van der Waals surface area contributed by atoms with Crippen LogP contribution in [0.4, 0.5) is 0 Å². The van der Waals surface area contributed by atoms with Gasteiger partial charge in [-0.25, -0.2) is 4.98 Å². The number of hydrogen-bond acceptors (Lipinski definition) is 2. The summed E-state index contributed by atoms with van der Waals surface area (Å²) in [5.41, 5.74) is 6.82. The lowest BCUT2D eigenvalue weighted by molar-refractivity contribution is 0.505. The second-order valence-corrected chi connectivity index (χ2v) is 2.78. The molecule has 1 atom stereocenters. The van der Waals surface area contributed by atoms with Crippen LogP contribution in [0.2, 0.25) is 0 Å². The van der Waals surface area contributed by atoms with E-state index in [1.165, 1.54) is 0 Å². The standard InChI is InChI=1S/C7H13N3/c1-5(2)7(8)6-3-9-4-10-6/h3-5,7H,8H2,1-2H3,(H,9,10). The summed E-state index contributed by atoms with van der Waals surface area (Å²) in [5, 5.41) is 0. The number of H-pyrrole nitrogens is 1. The number of nitrogens with two attached hydrogens (primary N) is 1. The molecule has 56 valence electrons. The monoisotopic (exact) mass is 139 g/mol. The topological polar surface area (TPSA) is 54.7 Å². The quantitative estimate of drug-likeness (QED) is 0.643. The number of aromatic amines is 1. The lowest BCUT2D eigenvalue weighted by atomic mass is 10.0. The SMILES string of the molecule is CC(C)C(N)c1cnc[nH]1. The minimum atomic E-state index is 0.0856. The van der Waals surface area contributed by atoms with Crippen molar-refractivity contribution >= 4 is 0 Å². The highest BCUT2D eigenvalue weighted by Crippen LogP contribution is 2.14. The smallest absolute Gasteiger partial charge is 0.0922 e. The average Bonchev–Trinajstić information content (AvgIpc) is 2.36. The van der Waals surface area contributed by atoms with Crippen LogP contribution in [-0.2, 0) is 0 Å². The van der Waals surface area contributed by atoms with Crippen LogP contribution in [0, 0.1) is 5.92 Å². The summed E-state index contributed by atoms with van der Waals surface area (Å²) in [4.78, 5) is 6.87. The molecular formula is C7H13N3. The van der Waals surface area contributed by atoms with Crippen LogP contribution in [0.5, 0.6) is 0 Å². The molecule has 1 heterocycles. The predicted molar refractivity (Wildman–Crippen MR) is 40.4 cm³/mol. The van der Waals surface area contributed by atoms with Crippen molar-refractivity contribution in [1.29, 1.82) is 0 Å². The lowest BCUT2D eigenvalue weighted by Crippen LogP contribution is -2.16. The van der Waals surface area contributed by atoms with Crippen molar-refractivity contribution in [3.63, 3.8) is 0 Å². The van der Waals surface area contributed by atoms with E-state index in [1.54, 1.807) is 12.5 Å². The van der Waals surface area contributed by atoms with Crippen molar-refractivity contribution in [2.24, 2.45) is 11.7 Å². The fraction of sp³-hybridized carbons (Fsp3) is 0.571. The first-order valence-electron chi connectivity index (χ1n) is 3.45. The van der Waals surface area contributed by atoms with Crippen LogP contribution in [-0.4, -0.2) is 9.97 Å². The van der Waals surface area contributed by atoms with Crippen molar-refractivity contribution in [3.05, 3.63) is 18.2 Å². The highest BCUT2D eigenvalue weighted by molar-refractivity contribution is 5.01. The van der Waals surface area contributed by atoms with Gasteiger partial charge >= 0.3 is 0 Å². The molecule has 0 aromatic carbocycles. The largest absolute Gasteiger partial charge is 0.347 e. The van der Waals surface area contributed by atoms with Crippen LogP contribution in [0.25, 0.3) is 0 Å². The zero-order valence-corrected chi connectivity index (χ0v) is 6.33. The molecule has 0 fully saturated rings. The van der Waals surface area contributed by atoms with Crippen LogP contribution >= 0.6 is 0 Å². The summed E-state index contributed by atoms with van der Waals surface area (Å²) >= 11 is 0. The molecule has 0 aliphatic rings. The maximum absolute atomic E-state index is 5.81. The molecule has 3 N–H and O–H groups in total. The van der Waals surface area contributed by atoms with E-state index in [9.17, 15) is 0 Å². The highest BCUT2D eigenvalue weighted by Gasteiger charge is 2.10. The molecule has 0 aliphatic heterocycles. The van der Waals surface area contributed by atoms with Crippen LogP contribution in [0.3, 0.4) is 0 Å². The Balaban J connectivity index is 2.68. The summed E-state index contributed by atoms with van der Waals surface area (Å²) in [6, 6.07) is 0.0856. The van der Waals surface area contributed by atoms with Crippen molar-refractivity contribution < 1.29 is 0 Å². The van der Waals surface area contributed by atoms with E-state index in [0.29, 0.717) is 5.92 Å². The first-order valence-corrected chi connectivity index (χ1v) is 3.45. The number of imidazole rings is 1. The van der Waals surface area contributed by atoms with Crippen LogP contribution < -0.4 is 5.73 Å². The molecule has 0 amide bonds. The van der Waals surface area contributed by atoms with Gasteiger partial charge in [-0.1, -0.05) is 13.8 Å². The number of hydrogen-bond donors (Lipinski definition) is 2. The fourth-order valence-electron chi connectivity index (χ4n) is 0.808. The number of rotatable bonds is 2. The zero-order valence-electron chi connectivity index (χ0n) is 6.33. The molecule has 0 spiro atoms. The van der Waals surface area contributed by atoms with E-state index in [4.69, 9.17) is 5.73 Å². The number of nitrogens with zero attached hydrogens (tertiary/aromatic N) is 1. The molecule has 1 aromatic heterocycles. The van der Waals surface area contributed by atoms with Gasteiger partial charge < -0.3 is 10.7 Å². The minimum absolute atomic E-state index is 0.0856. The molecule has 10 heavy (non-hydrogen) atoms. The van der Waals surface area contributed by atoms with Crippen LogP contribution in [0.15, 0.2) is 12.5 Å². The zero-order chi connectivity index (χ0) is 7.56. The van der Waals surface area contributed by atoms with E-state index in [0.717, 1.165) is 5.69 Å². The van der Waals surface area contributed by atoms with Gasteiger partial charge in [0.2, 0.25) is 0 Å². The summed E-state index contributed by atoms with van der Waals surface area (Å²) < 4.78 is 0. The lowest BCUT2D eigenvalue weighted by Gasteiger charge is -2.12. The van der Waals surface area contributed by atoms with Gasteiger partial charge in [0.25, 0.3) is 0 Å². The van der Waals surface area contributed by atoms with E-state index in [2.05, 4.69) is 23.8 Å². The summed E-state index contributed by atoms with van der Waals surface area (Å²) in [6.07, 6.45) is 3.42. The fourth-order valence-corrected chi connectivity index (χ4v) is 0.808. The molecule has 1 aromatic rings. The van der Waals surface area contributed by atoms with Gasteiger partial charge in [-0.2, -0.15) is 0 Å². The van der Waals surface area contributed by atoms with Gasteiger partial charge in [-0.05, 0) is 5.92 Å². The minimum Gasteiger partial charge on any atom is -0.347 e. The molecule has 0 saturated heterocycles. The third kappa shape index (κ3) is 1.36. The van der Waals surface area contributed by atoms with Crippen molar-refractivity contribution in [2.45, 2.75) is 19.9 Å². The van der Waals surface area contributed by atoms with E-state index >= 15 is 0 Å². The van der Waals surface area contributed by atoms with E-state index in [1.807, 2.05) is 0 Å². The molecule has 0 aliphatic carbocycles. The molecule has 0 radical (unpaired) electrons. The number of aromatic nitrogens is 2. The van der Waals surface area contributed by atoms with Crippen LogP contribution in [0.1, 0.15) is 25.6 Å². The molecular weight excluding hydrogens is 126 g/mol. The first-order chi connectivity index (χ1) is 4.72. The normalized spacial score (nSPS) is 14.0. The first kappa shape index (κ1) is 7.28. The van der Waals surface area contributed by atoms with Gasteiger partial charge in [0.05, 0.1) is 12.0 Å². The van der Waals surface area contributed by atoms with Gasteiger partial charge in [0.1, 0.15) is 0 Å². The Labute approximate surface area is 60.7 Å². The third-order valence-electron chi connectivity index (χ3n) is 1.60. The third-order valence-corrected chi connectivity index (χ3v) is 1.60. The molecule has 1 unspecified atom stereocenters. The van der Waals surface area contributed by atoms with Crippen molar-refractivity contribution in [2.75, 3.05) is 0 Å². The summed E-state index contributed by atoms with van der Waals surface area (Å²) in [7, 11) is 0. The molecule has 3 nitrogen and oxygen atoms in total. The Bertz CT molecular complexity index is 179. The Morgan fingerprint density at radius 1 is 1.60 bits per heavy atom. The van der Waals surface area contributed by atoms with Gasteiger partial charge in [-0.3, -0.25) is 0 Å². The van der Waals surface area contributed by atoms with Gasteiger partial charge in [0.15, 0.2) is 0 Å². The maximum Gasteiger partial charge on any atom is 0.0922 e. The molecule has 0 saturated carbocycles. The predicted octanol–water partition coefficient (Wildman–Crippen LogP) is 1.07. The molecule has 1 rings (SSSR count). The Morgan fingerprint density at radius 3 is 2.70 bits per heavy atom. The van der Waals surface area contributed by atoms with Gasteiger partial charge in [0, 0.05) is 12.2 Å². The van der Waals surface area contributed by atoms with Gasteiger partial charge in [-0.15, -0.1) is 0 Å². The average molecular weight is 139 g/mol. The second-order valence-electron chi connectivity index (χ2n) is 2.78. The van der Waals surface area contributed by atoms with Crippen molar-refractivity contribution in [3.8, 4) is 0 Å². The Kier molecular flexibility index (Phi) is 2.06. The molecule has 0 bridgehead atoms. The van der Waals surface area contributed by atoms with Crippen molar-refractivity contribution in [1.82, 2.24) is 9.97 Å².